The predicted octanol–water partition coefficient (Wildman–Crippen LogP) is 1.64. The summed E-state index contributed by atoms with van der Waals surface area (Å²) < 4.78 is 10.3. The average molecular weight is 277 g/mol. The molecule has 2 aromatic heterocycles. The molecule has 0 atom stereocenters. The van der Waals surface area contributed by atoms with Crippen LogP contribution in [0.15, 0.2) is 15.2 Å². The number of halogens is 1. The Morgan fingerprint density at radius 1 is 1.42 bits per heavy atom. The molecule has 0 amide bonds. The first-order valence-electron chi connectivity index (χ1n) is 3.18. The maximum absolute atomic E-state index is 4.92. The van der Waals surface area contributed by atoms with Crippen molar-refractivity contribution in [2.45, 2.75) is 6.92 Å². The molecule has 2 aromatic rings. The van der Waals surface area contributed by atoms with Crippen LogP contribution in [0, 0.1) is 10.8 Å². The fourth-order valence-corrected chi connectivity index (χ4v) is 1.14. The zero-order valence-electron chi connectivity index (χ0n) is 6.11. The molecule has 0 fully saturated rings. The molecule has 0 N–H and O–H groups in total. The molecule has 0 radical (unpaired) electrons. The van der Waals surface area contributed by atoms with Crippen LogP contribution in [0.4, 0.5) is 0 Å². The second-order valence-corrected chi connectivity index (χ2v) is 3.13. The molecule has 0 unspecified atom stereocenters. The molecule has 62 valence electrons. The van der Waals surface area contributed by atoms with Crippen LogP contribution in [0.2, 0.25) is 0 Å². The first-order valence-corrected chi connectivity index (χ1v) is 4.26. The van der Waals surface area contributed by atoms with Gasteiger partial charge in [-0.3, -0.25) is 0 Å². The lowest BCUT2D eigenvalue weighted by molar-refractivity contribution is 0.395. The molecular formula is C6H4IN3O2. The highest BCUT2D eigenvalue weighted by molar-refractivity contribution is 14.1. The van der Waals surface area contributed by atoms with E-state index >= 15 is 0 Å². The van der Waals surface area contributed by atoms with Gasteiger partial charge in [-0.2, -0.15) is 4.98 Å². The highest BCUT2D eigenvalue weighted by Gasteiger charge is 2.12. The maximum atomic E-state index is 4.92. The van der Waals surface area contributed by atoms with E-state index in [2.05, 4.69) is 15.3 Å². The Morgan fingerprint density at radius 3 is 2.75 bits per heavy atom. The highest BCUT2D eigenvalue weighted by atomic mass is 127. The van der Waals surface area contributed by atoms with Gasteiger partial charge in [-0.05, 0) is 6.92 Å². The molecule has 0 aliphatic heterocycles. The Hall–Kier alpha value is -0.920. The van der Waals surface area contributed by atoms with Crippen LogP contribution in [0.1, 0.15) is 5.76 Å². The lowest BCUT2D eigenvalue weighted by atomic mass is 10.3. The van der Waals surface area contributed by atoms with Gasteiger partial charge in [0.1, 0.15) is 11.3 Å². The standard InChI is InChI=1S/C6H4IN3O2/c1-3-4(2-8-11-3)5-9-6(7)10-12-5/h2H,1H3. The first-order chi connectivity index (χ1) is 5.77. The normalized spacial score (nSPS) is 10.5. The highest BCUT2D eigenvalue weighted by Crippen LogP contribution is 2.20. The molecule has 5 nitrogen and oxygen atoms in total. The lowest BCUT2D eigenvalue weighted by Crippen LogP contribution is -1.76. The Balaban J connectivity index is 2.50. The predicted molar refractivity (Wildman–Crippen MR) is 47.2 cm³/mol. The van der Waals surface area contributed by atoms with Crippen molar-refractivity contribution in [1.29, 1.82) is 0 Å². The van der Waals surface area contributed by atoms with Gasteiger partial charge < -0.3 is 9.05 Å². The van der Waals surface area contributed by atoms with E-state index in [4.69, 9.17) is 9.05 Å². The molecule has 6 heteroatoms. The maximum Gasteiger partial charge on any atom is 0.263 e. The molecule has 0 aliphatic carbocycles. The summed E-state index contributed by atoms with van der Waals surface area (Å²) in [5.41, 5.74) is 0.741. The summed E-state index contributed by atoms with van der Waals surface area (Å²) in [6.45, 7) is 1.79. The molecule has 12 heavy (non-hydrogen) atoms. The van der Waals surface area contributed by atoms with Crippen LogP contribution in [-0.4, -0.2) is 15.3 Å². The fraction of sp³-hybridized carbons (Fsp3) is 0.167. The second-order valence-electron chi connectivity index (χ2n) is 2.16. The van der Waals surface area contributed by atoms with Crippen molar-refractivity contribution in [3.05, 3.63) is 15.8 Å². The van der Waals surface area contributed by atoms with Crippen molar-refractivity contribution in [3.8, 4) is 11.5 Å². The third-order valence-electron chi connectivity index (χ3n) is 1.38. The third-order valence-corrected chi connectivity index (χ3v) is 1.82. The summed E-state index contributed by atoms with van der Waals surface area (Å²) in [7, 11) is 0. The Morgan fingerprint density at radius 2 is 2.25 bits per heavy atom. The van der Waals surface area contributed by atoms with Gasteiger partial charge in [0, 0.05) is 22.6 Å². The Labute approximate surface area is 81.3 Å². The number of hydrogen-bond acceptors (Lipinski definition) is 5. The Bertz CT molecular complexity index is 395. The minimum absolute atomic E-state index is 0.443. The van der Waals surface area contributed by atoms with Gasteiger partial charge in [0.15, 0.2) is 0 Å². The van der Waals surface area contributed by atoms with Crippen LogP contribution >= 0.6 is 22.6 Å². The molecule has 0 spiro atoms. The van der Waals surface area contributed by atoms with Crippen LogP contribution in [0.25, 0.3) is 11.5 Å². The number of aromatic nitrogens is 3. The average Bonchev–Trinajstić information content (AvgIpc) is 2.58. The van der Waals surface area contributed by atoms with Gasteiger partial charge >= 0.3 is 0 Å². The molecule has 0 aliphatic rings. The lowest BCUT2D eigenvalue weighted by Gasteiger charge is -1.84. The van der Waals surface area contributed by atoms with Crippen LogP contribution < -0.4 is 0 Å². The summed E-state index contributed by atoms with van der Waals surface area (Å²) in [6, 6.07) is 0. The van der Waals surface area contributed by atoms with Crippen molar-refractivity contribution in [1.82, 2.24) is 15.3 Å². The molecule has 0 aromatic carbocycles. The van der Waals surface area contributed by atoms with Crippen molar-refractivity contribution in [2.75, 3.05) is 0 Å². The van der Waals surface area contributed by atoms with Gasteiger partial charge in [-0.25, -0.2) is 0 Å². The zero-order valence-corrected chi connectivity index (χ0v) is 8.27. The van der Waals surface area contributed by atoms with Gasteiger partial charge in [0.05, 0.1) is 6.20 Å². The summed E-state index contributed by atoms with van der Waals surface area (Å²) >= 11 is 1.97. The smallest absolute Gasteiger partial charge is 0.263 e. The van der Waals surface area contributed by atoms with E-state index in [-0.39, 0.29) is 0 Å². The summed E-state index contributed by atoms with van der Waals surface area (Å²) in [6.07, 6.45) is 1.55. The number of rotatable bonds is 1. The van der Waals surface area contributed by atoms with Gasteiger partial charge in [-0.1, -0.05) is 10.3 Å². The number of nitrogens with zero attached hydrogens (tertiary/aromatic N) is 3. The van der Waals surface area contributed by atoms with Crippen molar-refractivity contribution >= 4 is 22.6 Å². The quantitative estimate of drug-likeness (QED) is 0.741. The van der Waals surface area contributed by atoms with E-state index in [9.17, 15) is 0 Å². The minimum Gasteiger partial charge on any atom is -0.361 e. The van der Waals surface area contributed by atoms with E-state index < -0.39 is 0 Å². The van der Waals surface area contributed by atoms with E-state index in [1.165, 1.54) is 0 Å². The SMILES string of the molecule is Cc1oncc1-c1nc(I)no1. The van der Waals surface area contributed by atoms with Gasteiger partial charge in [0.25, 0.3) is 5.89 Å². The third kappa shape index (κ3) is 1.22. The molecule has 2 rings (SSSR count). The topological polar surface area (TPSA) is 65.0 Å². The van der Waals surface area contributed by atoms with Crippen LogP contribution in [0.3, 0.4) is 0 Å². The molecular weight excluding hydrogens is 273 g/mol. The molecule has 0 saturated heterocycles. The number of aryl methyl sites for hydroxylation is 1. The van der Waals surface area contributed by atoms with E-state index in [1.807, 2.05) is 22.6 Å². The van der Waals surface area contributed by atoms with E-state index in [0.717, 1.165) is 5.56 Å². The molecule has 0 bridgehead atoms. The zero-order chi connectivity index (χ0) is 8.55. The summed E-state index contributed by atoms with van der Waals surface area (Å²) in [4.78, 5) is 4.02. The largest absolute Gasteiger partial charge is 0.361 e. The Kier molecular flexibility index (Phi) is 1.83. The van der Waals surface area contributed by atoms with Crippen LogP contribution in [-0.2, 0) is 0 Å². The van der Waals surface area contributed by atoms with Gasteiger partial charge in [0.2, 0.25) is 3.83 Å². The van der Waals surface area contributed by atoms with Crippen molar-refractivity contribution in [3.63, 3.8) is 0 Å². The number of hydrogen-bond donors (Lipinski definition) is 0. The summed E-state index contributed by atoms with van der Waals surface area (Å²) in [5.74, 6) is 1.12. The second kappa shape index (κ2) is 2.85. The van der Waals surface area contributed by atoms with E-state index in [1.54, 1.807) is 13.1 Å². The van der Waals surface area contributed by atoms with Crippen LogP contribution in [0.5, 0.6) is 0 Å². The first kappa shape index (κ1) is 7.71. The fourth-order valence-electron chi connectivity index (χ4n) is 0.819. The minimum atomic E-state index is 0.443. The monoisotopic (exact) mass is 277 g/mol. The summed E-state index contributed by atoms with van der Waals surface area (Å²) in [5, 5.41) is 7.25. The van der Waals surface area contributed by atoms with Gasteiger partial charge in [-0.15, -0.1) is 0 Å². The van der Waals surface area contributed by atoms with E-state index in [0.29, 0.717) is 15.5 Å². The van der Waals surface area contributed by atoms with Crippen molar-refractivity contribution in [2.24, 2.45) is 0 Å². The molecule has 2 heterocycles. The van der Waals surface area contributed by atoms with Crippen molar-refractivity contribution < 1.29 is 9.05 Å². The molecule has 0 saturated carbocycles.